The molecule has 18 aromatic rings. The minimum Gasteiger partial charge on any atom is -0.456 e. The van der Waals surface area contributed by atoms with Gasteiger partial charge in [-0.05, 0) is 190 Å². The van der Waals surface area contributed by atoms with Crippen molar-refractivity contribution in [1.82, 2.24) is 0 Å². The van der Waals surface area contributed by atoms with Crippen molar-refractivity contribution in [3.8, 4) is 55.6 Å². The standard InChI is InChI=1S/C80H46O2/c1-3-17-49-43-51(37-35-47(49)15-1)53-21-9-29-63-69(53)45-70-54(52-38-36-48-16-2-4-18-50(48)44-52)22-10-30-64(70)79(63)80-65-31-13-25-57(55-23-11-27-61-59(55)39-41-75-77(61)67-19-5-7-33-73(67)81-75)71(65)46-72-58(26-14-32-66(72)80)56-24-12-28-62-60(56)40-42-76-78(62)68-20-6-8-34-74(68)82-76/h1-46H. The summed E-state index contributed by atoms with van der Waals surface area (Å²) >= 11 is 0. The highest BCUT2D eigenvalue weighted by Gasteiger charge is 2.24. The van der Waals surface area contributed by atoms with Crippen molar-refractivity contribution in [2.75, 3.05) is 0 Å². The van der Waals surface area contributed by atoms with Crippen molar-refractivity contribution < 1.29 is 8.83 Å². The topological polar surface area (TPSA) is 26.3 Å². The second kappa shape index (κ2) is 17.3. The summed E-state index contributed by atoms with van der Waals surface area (Å²) in [6.07, 6.45) is 0. The quantitative estimate of drug-likeness (QED) is 0.161. The van der Waals surface area contributed by atoms with Gasteiger partial charge < -0.3 is 8.83 Å². The minimum atomic E-state index is 0.895. The van der Waals surface area contributed by atoms with Crippen LogP contribution in [0.5, 0.6) is 0 Å². The maximum atomic E-state index is 6.49. The van der Waals surface area contributed by atoms with Crippen molar-refractivity contribution in [2.45, 2.75) is 0 Å². The van der Waals surface area contributed by atoms with Gasteiger partial charge in [-0.25, -0.2) is 0 Å². The van der Waals surface area contributed by atoms with Gasteiger partial charge in [0, 0.05) is 21.5 Å². The monoisotopic (exact) mass is 1040 g/mol. The molecule has 0 saturated carbocycles. The molecule has 0 amide bonds. The van der Waals surface area contributed by atoms with Crippen LogP contribution in [-0.2, 0) is 0 Å². The Bertz CT molecular complexity index is 5420. The Kier molecular flexibility index (Phi) is 9.54. The fourth-order valence-corrected chi connectivity index (χ4v) is 14.2. The largest absolute Gasteiger partial charge is 0.456 e. The molecule has 0 atom stereocenters. The highest BCUT2D eigenvalue weighted by Crippen LogP contribution is 2.51. The number of para-hydroxylation sites is 2. The number of benzene rings is 16. The average Bonchev–Trinajstić information content (AvgIpc) is 4.29. The zero-order valence-corrected chi connectivity index (χ0v) is 44.4. The lowest BCUT2D eigenvalue weighted by Crippen LogP contribution is -1.95. The van der Waals surface area contributed by atoms with Gasteiger partial charge in [0.05, 0.1) is 0 Å². The van der Waals surface area contributed by atoms with Crippen molar-refractivity contribution in [3.63, 3.8) is 0 Å². The van der Waals surface area contributed by atoms with Gasteiger partial charge >= 0.3 is 0 Å². The van der Waals surface area contributed by atoms with E-state index in [-0.39, 0.29) is 0 Å². The first kappa shape index (κ1) is 45.1. The number of rotatable bonds is 5. The van der Waals surface area contributed by atoms with Crippen LogP contribution in [0.3, 0.4) is 0 Å². The lowest BCUT2D eigenvalue weighted by Gasteiger charge is -2.22. The smallest absolute Gasteiger partial charge is 0.136 e. The van der Waals surface area contributed by atoms with Crippen LogP contribution in [0.4, 0.5) is 0 Å². The van der Waals surface area contributed by atoms with E-state index >= 15 is 0 Å². The molecule has 378 valence electrons. The molecule has 16 aromatic carbocycles. The molecular weight excluding hydrogens is 993 g/mol. The molecule has 0 fully saturated rings. The van der Waals surface area contributed by atoms with Crippen LogP contribution in [0.25, 0.3) is 186 Å². The van der Waals surface area contributed by atoms with Gasteiger partial charge in [-0.1, -0.05) is 231 Å². The van der Waals surface area contributed by atoms with E-state index in [4.69, 9.17) is 8.83 Å². The van der Waals surface area contributed by atoms with Crippen LogP contribution < -0.4 is 0 Å². The second-order valence-electron chi connectivity index (χ2n) is 22.1. The van der Waals surface area contributed by atoms with Crippen LogP contribution in [-0.4, -0.2) is 0 Å². The molecular formula is C80H46O2. The van der Waals surface area contributed by atoms with Crippen LogP contribution in [0.1, 0.15) is 0 Å². The Morgan fingerprint density at radius 3 is 0.927 bits per heavy atom. The van der Waals surface area contributed by atoms with E-state index in [1.54, 1.807) is 0 Å². The first-order valence-electron chi connectivity index (χ1n) is 28.3. The normalized spacial score (nSPS) is 12.1. The lowest BCUT2D eigenvalue weighted by molar-refractivity contribution is 0.669. The van der Waals surface area contributed by atoms with Crippen LogP contribution in [0, 0.1) is 0 Å². The Hall–Kier alpha value is -10.8. The van der Waals surface area contributed by atoms with Gasteiger partial charge in [0.2, 0.25) is 0 Å². The Labute approximate surface area is 470 Å². The molecule has 2 aromatic heterocycles. The van der Waals surface area contributed by atoms with Gasteiger partial charge in [0.25, 0.3) is 0 Å². The highest BCUT2D eigenvalue weighted by molar-refractivity contribution is 6.30. The van der Waals surface area contributed by atoms with Crippen LogP contribution in [0.15, 0.2) is 288 Å². The molecule has 0 aliphatic carbocycles. The molecule has 18 rings (SSSR count). The summed E-state index contributed by atoms with van der Waals surface area (Å²) in [6, 6.07) is 103. The summed E-state index contributed by atoms with van der Waals surface area (Å²) in [7, 11) is 0. The van der Waals surface area contributed by atoms with Gasteiger partial charge in [-0.15, -0.1) is 0 Å². The average molecular weight is 1040 g/mol. The Balaban J connectivity index is 0.999. The fourth-order valence-electron chi connectivity index (χ4n) is 14.2. The number of hydrogen-bond donors (Lipinski definition) is 0. The second-order valence-corrected chi connectivity index (χ2v) is 22.1. The van der Waals surface area contributed by atoms with Gasteiger partial charge in [0.15, 0.2) is 0 Å². The summed E-state index contributed by atoms with van der Waals surface area (Å²) < 4.78 is 13.0. The predicted octanol–water partition coefficient (Wildman–Crippen LogP) is 23.0. The summed E-state index contributed by atoms with van der Waals surface area (Å²) in [5.74, 6) is 0. The van der Waals surface area contributed by atoms with E-state index in [0.717, 1.165) is 43.9 Å². The molecule has 0 saturated heterocycles. The third-order valence-electron chi connectivity index (χ3n) is 17.8. The Morgan fingerprint density at radius 1 is 0.171 bits per heavy atom. The zero-order chi connectivity index (χ0) is 53.6. The maximum absolute atomic E-state index is 6.49. The molecule has 0 aliphatic heterocycles. The van der Waals surface area contributed by atoms with E-state index in [1.165, 1.54) is 142 Å². The molecule has 2 heteroatoms. The summed E-state index contributed by atoms with van der Waals surface area (Å²) in [6.45, 7) is 0. The van der Waals surface area contributed by atoms with Gasteiger partial charge in [0.1, 0.15) is 22.3 Å². The summed E-state index contributed by atoms with van der Waals surface area (Å²) in [5, 5.41) is 23.8. The molecule has 0 unspecified atom stereocenters. The number of furan rings is 2. The Morgan fingerprint density at radius 2 is 0.500 bits per heavy atom. The fraction of sp³-hybridized carbons (Fsp3) is 0. The molecule has 0 aliphatic rings. The molecule has 82 heavy (non-hydrogen) atoms. The third kappa shape index (κ3) is 6.58. The predicted molar refractivity (Wildman–Crippen MR) is 348 cm³/mol. The highest BCUT2D eigenvalue weighted by atomic mass is 16.3. The summed E-state index contributed by atoms with van der Waals surface area (Å²) in [5.41, 5.74) is 15.5. The summed E-state index contributed by atoms with van der Waals surface area (Å²) in [4.78, 5) is 0. The zero-order valence-electron chi connectivity index (χ0n) is 44.4. The SMILES string of the molecule is c1ccc2cc(-c3cccc4c(-c5c6cccc(-c7cccc8c7ccc7oc9ccccc9c78)c6cc6c(-c7cccc8c7ccc7oc9ccccc9c78)cccc56)c5cccc(-c6ccc7ccccc7c6)c5cc34)ccc2c1. The van der Waals surface area contributed by atoms with Gasteiger partial charge in [-0.2, -0.15) is 0 Å². The van der Waals surface area contributed by atoms with Crippen molar-refractivity contribution in [2.24, 2.45) is 0 Å². The molecule has 0 bridgehead atoms. The molecule has 0 N–H and O–H groups in total. The van der Waals surface area contributed by atoms with Crippen molar-refractivity contribution in [1.29, 1.82) is 0 Å². The van der Waals surface area contributed by atoms with E-state index in [0.29, 0.717) is 0 Å². The van der Waals surface area contributed by atoms with E-state index in [1.807, 2.05) is 0 Å². The van der Waals surface area contributed by atoms with Gasteiger partial charge in [-0.3, -0.25) is 0 Å². The van der Waals surface area contributed by atoms with E-state index in [2.05, 4.69) is 279 Å². The van der Waals surface area contributed by atoms with Crippen molar-refractivity contribution >= 4 is 130 Å². The van der Waals surface area contributed by atoms with Crippen LogP contribution >= 0.6 is 0 Å². The molecule has 0 spiro atoms. The van der Waals surface area contributed by atoms with Crippen LogP contribution in [0.2, 0.25) is 0 Å². The molecule has 2 nitrogen and oxygen atoms in total. The van der Waals surface area contributed by atoms with E-state index < -0.39 is 0 Å². The van der Waals surface area contributed by atoms with E-state index in [9.17, 15) is 0 Å². The molecule has 2 heterocycles. The lowest BCUT2D eigenvalue weighted by atomic mass is 9.81. The number of hydrogen-bond acceptors (Lipinski definition) is 2. The van der Waals surface area contributed by atoms with Crippen molar-refractivity contribution in [3.05, 3.63) is 279 Å². The first-order chi connectivity index (χ1) is 40.7. The molecule has 0 radical (unpaired) electrons. The number of fused-ring (bicyclic) bond motifs is 16. The maximum Gasteiger partial charge on any atom is 0.136 e. The first-order valence-corrected chi connectivity index (χ1v) is 28.3. The minimum absolute atomic E-state index is 0.895. The third-order valence-corrected chi connectivity index (χ3v) is 17.8.